The lowest BCUT2D eigenvalue weighted by atomic mass is 9.93. The van der Waals surface area contributed by atoms with Gasteiger partial charge in [-0.3, -0.25) is 19.3 Å². The van der Waals surface area contributed by atoms with Crippen molar-refractivity contribution in [2.75, 3.05) is 27.7 Å². The molecule has 0 saturated carbocycles. The number of nitrogens with one attached hydrogen (secondary N) is 1. The van der Waals surface area contributed by atoms with Crippen LogP contribution in [0.4, 0.5) is 0 Å². The third-order valence-corrected chi connectivity index (χ3v) is 8.75. The van der Waals surface area contributed by atoms with Gasteiger partial charge in [0, 0.05) is 24.8 Å². The number of carbonyl (C=O) groups is 4. The lowest BCUT2D eigenvalue weighted by molar-refractivity contribution is -0.176. The molecule has 1 aliphatic heterocycles. The van der Waals surface area contributed by atoms with Crippen molar-refractivity contribution < 1.29 is 38.1 Å². The summed E-state index contributed by atoms with van der Waals surface area (Å²) in [5.41, 5.74) is 7.18. The number of epoxide rings is 1. The molecule has 0 spiro atoms. The van der Waals surface area contributed by atoms with Crippen molar-refractivity contribution >= 4 is 35.4 Å². The molecule has 2 amide bonds. The highest BCUT2D eigenvalue weighted by Crippen LogP contribution is 2.45. The van der Waals surface area contributed by atoms with Gasteiger partial charge in [0.2, 0.25) is 11.8 Å². The molecule has 0 aromatic heterocycles. The molecule has 12 heteroatoms. The van der Waals surface area contributed by atoms with E-state index in [0.29, 0.717) is 17.2 Å². The summed E-state index contributed by atoms with van der Waals surface area (Å²) < 4.78 is 23.0. The number of carbonyl (C=O) groups excluding carboxylic acids is 4. The minimum atomic E-state index is -1.19. The first-order chi connectivity index (χ1) is 23.2. The molecule has 1 heterocycles. The predicted octanol–water partition coefficient (Wildman–Crippen LogP) is 4.65. The molecular formula is C37H50ClN3O8. The molecule has 2 aromatic carbocycles. The van der Waals surface area contributed by atoms with E-state index in [4.69, 9.17) is 36.3 Å². The van der Waals surface area contributed by atoms with Crippen LogP contribution in [0.25, 0.3) is 0 Å². The van der Waals surface area contributed by atoms with Crippen molar-refractivity contribution in [3.05, 3.63) is 76.8 Å². The first-order valence-corrected chi connectivity index (χ1v) is 16.9. The Balaban J connectivity index is 1.66. The molecule has 49 heavy (non-hydrogen) atoms. The van der Waals surface area contributed by atoms with Gasteiger partial charge in [0.1, 0.15) is 24.0 Å². The SMILES string of the molecule is COc1ccc(C[C@@H](C)C(=O)NC[C@H](C(=O)O[C@@H](CC(C)C)C(=O)O[C@@H](C/C=C/C(N)=O)[C@H](C)[C@H]2O[C@@H]2c2ccccc2)N(C)C)cc1Cl. The van der Waals surface area contributed by atoms with Crippen LogP contribution in [-0.2, 0) is 39.8 Å². The number of ether oxygens (including phenoxy) is 4. The zero-order valence-electron chi connectivity index (χ0n) is 29.4. The summed E-state index contributed by atoms with van der Waals surface area (Å²) in [6.07, 6.45) is 1.44. The van der Waals surface area contributed by atoms with Crippen LogP contribution in [0.5, 0.6) is 5.75 Å². The molecule has 0 radical (unpaired) electrons. The summed E-state index contributed by atoms with van der Waals surface area (Å²) in [7, 11) is 4.92. The van der Waals surface area contributed by atoms with Gasteiger partial charge in [-0.1, -0.05) is 81.8 Å². The van der Waals surface area contributed by atoms with Crippen molar-refractivity contribution in [2.45, 2.75) is 77.4 Å². The van der Waals surface area contributed by atoms with E-state index >= 15 is 0 Å². The second kappa shape index (κ2) is 18.7. The molecule has 0 aliphatic carbocycles. The van der Waals surface area contributed by atoms with E-state index in [9.17, 15) is 19.2 Å². The van der Waals surface area contributed by atoms with E-state index in [0.717, 1.165) is 11.1 Å². The first-order valence-electron chi connectivity index (χ1n) is 16.6. The molecule has 3 rings (SSSR count). The summed E-state index contributed by atoms with van der Waals surface area (Å²) in [6.45, 7) is 7.50. The molecule has 7 atom stereocenters. The van der Waals surface area contributed by atoms with Crippen molar-refractivity contribution in [3.8, 4) is 5.75 Å². The highest BCUT2D eigenvalue weighted by atomic mass is 35.5. The van der Waals surface area contributed by atoms with Crippen molar-refractivity contribution in [2.24, 2.45) is 23.5 Å². The number of nitrogens with zero attached hydrogens (tertiary/aromatic N) is 1. The highest BCUT2D eigenvalue weighted by molar-refractivity contribution is 6.32. The maximum atomic E-state index is 13.6. The fourth-order valence-corrected chi connectivity index (χ4v) is 5.81. The lowest BCUT2D eigenvalue weighted by Gasteiger charge is -2.28. The van der Waals surface area contributed by atoms with E-state index in [1.807, 2.05) is 57.2 Å². The van der Waals surface area contributed by atoms with Gasteiger partial charge < -0.3 is 30.0 Å². The van der Waals surface area contributed by atoms with Crippen LogP contribution < -0.4 is 15.8 Å². The third kappa shape index (κ3) is 12.2. The number of rotatable bonds is 19. The van der Waals surface area contributed by atoms with Crippen molar-refractivity contribution in [3.63, 3.8) is 0 Å². The van der Waals surface area contributed by atoms with E-state index in [1.54, 1.807) is 44.1 Å². The number of amides is 2. The molecule has 11 nitrogen and oxygen atoms in total. The molecule has 1 saturated heterocycles. The smallest absolute Gasteiger partial charge is 0.347 e. The van der Waals surface area contributed by atoms with Gasteiger partial charge in [0.15, 0.2) is 6.10 Å². The molecular weight excluding hydrogens is 650 g/mol. The maximum Gasteiger partial charge on any atom is 0.347 e. The zero-order chi connectivity index (χ0) is 36.2. The number of hydrogen-bond acceptors (Lipinski definition) is 9. The molecule has 3 N–H and O–H groups in total. The van der Waals surface area contributed by atoms with Crippen LogP contribution in [0.2, 0.25) is 5.02 Å². The number of primary amides is 1. The summed E-state index contributed by atoms with van der Waals surface area (Å²) in [6, 6.07) is 14.2. The first kappa shape index (κ1) is 39.5. The molecule has 1 aliphatic rings. The summed E-state index contributed by atoms with van der Waals surface area (Å²) in [5, 5.41) is 3.30. The third-order valence-electron chi connectivity index (χ3n) is 8.45. The number of methoxy groups -OCH3 is 1. The van der Waals surface area contributed by atoms with E-state index in [-0.39, 0.29) is 49.3 Å². The average molecular weight is 700 g/mol. The second-order valence-electron chi connectivity index (χ2n) is 13.2. The maximum absolute atomic E-state index is 13.6. The fraction of sp³-hybridized carbons (Fsp3) is 0.514. The molecule has 1 fully saturated rings. The van der Waals surface area contributed by atoms with Crippen LogP contribution in [-0.4, -0.2) is 80.8 Å². The topological polar surface area (TPSA) is 150 Å². The van der Waals surface area contributed by atoms with E-state index in [1.165, 1.54) is 13.2 Å². The molecule has 268 valence electrons. The van der Waals surface area contributed by atoms with Crippen molar-refractivity contribution in [1.82, 2.24) is 10.2 Å². The molecule has 0 bridgehead atoms. The lowest BCUT2D eigenvalue weighted by Crippen LogP contribution is -2.49. The largest absolute Gasteiger partial charge is 0.495 e. The van der Waals surface area contributed by atoms with Crippen LogP contribution in [0.1, 0.15) is 57.8 Å². The quantitative estimate of drug-likeness (QED) is 0.121. The Bertz CT molecular complexity index is 1450. The van der Waals surface area contributed by atoms with E-state index in [2.05, 4.69) is 5.32 Å². The van der Waals surface area contributed by atoms with Crippen LogP contribution >= 0.6 is 11.6 Å². The standard InChI is InChI=1S/C37H50ClN3O8/c1-22(2)18-31(37(45)47-29(14-11-15-32(39)42)24(4)33-34(49-33)26-12-9-8-10-13-26)48-36(44)28(41(5)6)21-40-35(43)23(3)19-25-16-17-30(46-7)27(38)20-25/h8-13,15-17,20,22-24,28-29,31,33-34H,14,18-19,21H2,1-7H3,(H2,39,42)(H,40,43)/b15-11+/t23-,24+,28-,29+,31+,33-,34-/m1/s1. The summed E-state index contributed by atoms with van der Waals surface area (Å²) >= 11 is 6.24. The number of hydrogen-bond donors (Lipinski definition) is 2. The van der Waals surface area contributed by atoms with Gasteiger partial charge in [-0.2, -0.15) is 0 Å². The Labute approximate surface area is 294 Å². The van der Waals surface area contributed by atoms with Gasteiger partial charge >= 0.3 is 11.9 Å². The minimum Gasteiger partial charge on any atom is -0.495 e. The molecule has 2 aromatic rings. The second-order valence-corrected chi connectivity index (χ2v) is 13.6. The van der Waals surface area contributed by atoms with Gasteiger partial charge in [-0.25, -0.2) is 4.79 Å². The number of benzene rings is 2. The summed E-state index contributed by atoms with van der Waals surface area (Å²) in [4.78, 5) is 53.2. The number of halogens is 1. The average Bonchev–Trinajstić information content (AvgIpc) is 3.85. The normalized spacial score (nSPS) is 18.7. The van der Waals surface area contributed by atoms with Crippen LogP contribution in [0.3, 0.4) is 0 Å². The Morgan fingerprint density at radius 3 is 2.31 bits per heavy atom. The summed E-state index contributed by atoms with van der Waals surface area (Å²) in [5.74, 6) is -2.35. The molecule has 0 unspecified atom stereocenters. The van der Waals surface area contributed by atoms with Crippen LogP contribution in [0.15, 0.2) is 60.7 Å². The van der Waals surface area contributed by atoms with Crippen LogP contribution in [0, 0.1) is 17.8 Å². The minimum absolute atomic E-state index is 0.00461. The van der Waals surface area contributed by atoms with Gasteiger partial charge in [-0.15, -0.1) is 0 Å². The Morgan fingerprint density at radius 2 is 1.71 bits per heavy atom. The Kier molecular flexibility index (Phi) is 15.1. The number of nitrogens with two attached hydrogens (primary N) is 1. The number of likely N-dealkylation sites (N-methyl/N-ethyl adjacent to an activating group) is 1. The van der Waals surface area contributed by atoms with E-state index < -0.39 is 42.0 Å². The van der Waals surface area contributed by atoms with Gasteiger partial charge in [-0.05, 0) is 62.2 Å². The van der Waals surface area contributed by atoms with Gasteiger partial charge in [0.05, 0.1) is 18.2 Å². The highest BCUT2D eigenvalue weighted by Gasteiger charge is 2.47. The Hall–Kier alpha value is -3.93. The number of esters is 2. The Morgan fingerprint density at radius 1 is 1.02 bits per heavy atom. The van der Waals surface area contributed by atoms with Crippen molar-refractivity contribution in [1.29, 1.82) is 0 Å². The van der Waals surface area contributed by atoms with Gasteiger partial charge in [0.25, 0.3) is 0 Å². The predicted molar refractivity (Wildman–Crippen MR) is 187 cm³/mol. The zero-order valence-corrected chi connectivity index (χ0v) is 30.1. The fourth-order valence-electron chi connectivity index (χ4n) is 5.53. The monoisotopic (exact) mass is 699 g/mol.